The van der Waals surface area contributed by atoms with E-state index in [2.05, 4.69) is 40.1 Å². The molecule has 0 aliphatic rings. The van der Waals surface area contributed by atoms with Gasteiger partial charge in [0, 0.05) is 10.5 Å². The molecule has 3 N–H and O–H groups in total. The fourth-order valence-electron chi connectivity index (χ4n) is 2.14. The van der Waals surface area contributed by atoms with Crippen molar-refractivity contribution in [3.8, 4) is 11.8 Å². The van der Waals surface area contributed by atoms with E-state index in [-0.39, 0.29) is 0 Å². The third kappa shape index (κ3) is 6.12. The smallest absolute Gasteiger partial charge is 0.241 e. The van der Waals surface area contributed by atoms with Crippen LogP contribution in [0, 0.1) is 0 Å². The van der Waals surface area contributed by atoms with E-state index in [0.29, 0.717) is 30.7 Å². The van der Waals surface area contributed by atoms with Gasteiger partial charge in [0.1, 0.15) is 5.69 Å². The Labute approximate surface area is 158 Å². The van der Waals surface area contributed by atoms with Crippen LogP contribution in [0.4, 0.5) is 17.1 Å². The van der Waals surface area contributed by atoms with Crippen LogP contribution < -0.4 is 20.5 Å². The van der Waals surface area contributed by atoms with Gasteiger partial charge in [-0.2, -0.15) is 4.98 Å². The van der Waals surface area contributed by atoms with Crippen molar-refractivity contribution in [3.05, 3.63) is 34.8 Å². The predicted molar refractivity (Wildman–Crippen MR) is 107 cm³/mol. The van der Waals surface area contributed by atoms with Gasteiger partial charge in [-0.05, 0) is 37.1 Å². The normalized spacial score (nSPS) is 10.5. The van der Waals surface area contributed by atoms with E-state index in [1.807, 2.05) is 30.3 Å². The highest BCUT2D eigenvalue weighted by molar-refractivity contribution is 9.10. The van der Waals surface area contributed by atoms with E-state index in [0.717, 1.165) is 41.5 Å². The van der Waals surface area contributed by atoms with Gasteiger partial charge in [0.25, 0.3) is 0 Å². The molecule has 0 atom stereocenters. The second-order valence-electron chi connectivity index (χ2n) is 5.76. The van der Waals surface area contributed by atoms with Gasteiger partial charge in [-0.3, -0.25) is 0 Å². The van der Waals surface area contributed by atoms with Crippen LogP contribution in [0.5, 0.6) is 11.8 Å². The van der Waals surface area contributed by atoms with Crippen molar-refractivity contribution in [2.75, 3.05) is 24.3 Å². The number of pyridine rings is 1. The van der Waals surface area contributed by atoms with Crippen LogP contribution in [-0.2, 0) is 0 Å². The average Bonchev–Trinajstić information content (AvgIpc) is 2.59. The van der Waals surface area contributed by atoms with Crippen molar-refractivity contribution in [2.24, 2.45) is 0 Å². The van der Waals surface area contributed by atoms with Gasteiger partial charge >= 0.3 is 0 Å². The Bertz CT molecular complexity index is 680. The van der Waals surface area contributed by atoms with Gasteiger partial charge < -0.3 is 20.5 Å². The highest BCUT2D eigenvalue weighted by Gasteiger charge is 2.10. The molecule has 0 radical (unpaired) electrons. The maximum Gasteiger partial charge on any atom is 0.241 e. The van der Waals surface area contributed by atoms with Crippen LogP contribution >= 0.6 is 15.9 Å². The molecule has 0 aliphatic carbocycles. The van der Waals surface area contributed by atoms with E-state index in [9.17, 15) is 0 Å². The largest absolute Gasteiger partial charge is 0.478 e. The summed E-state index contributed by atoms with van der Waals surface area (Å²) in [6, 6.07) is 9.47. The molecule has 0 unspecified atom stereocenters. The molecule has 0 saturated heterocycles. The van der Waals surface area contributed by atoms with Gasteiger partial charge in [0.2, 0.25) is 11.8 Å². The first-order valence-corrected chi connectivity index (χ1v) is 9.52. The van der Waals surface area contributed by atoms with Crippen LogP contribution in [0.15, 0.2) is 34.8 Å². The van der Waals surface area contributed by atoms with Crippen LogP contribution in [0.1, 0.15) is 39.5 Å². The fourth-order valence-corrected chi connectivity index (χ4v) is 2.51. The number of anilines is 3. The standard InChI is InChI=1S/C19H26BrN3O2/c1-3-5-11-24-18-10-9-17(19(23-18)25-12-6-4-2)22-16-8-7-14(20)13-15(16)21/h7-10,13,22H,3-6,11-12,21H2,1-2H3. The summed E-state index contributed by atoms with van der Waals surface area (Å²) in [5, 5.41) is 3.30. The number of halogens is 1. The van der Waals surface area contributed by atoms with Gasteiger partial charge in [-0.1, -0.05) is 42.6 Å². The number of rotatable bonds is 10. The number of nitrogens with one attached hydrogen (secondary N) is 1. The van der Waals surface area contributed by atoms with Crippen LogP contribution in [0.25, 0.3) is 0 Å². The maximum absolute atomic E-state index is 6.07. The topological polar surface area (TPSA) is 69.4 Å². The van der Waals surface area contributed by atoms with Crippen molar-refractivity contribution in [3.63, 3.8) is 0 Å². The number of hydrogen-bond donors (Lipinski definition) is 2. The first-order valence-electron chi connectivity index (χ1n) is 8.72. The molecule has 0 amide bonds. The quantitative estimate of drug-likeness (QED) is 0.400. The SMILES string of the molecule is CCCCOc1ccc(Nc2ccc(Br)cc2N)c(OCCCC)n1. The summed E-state index contributed by atoms with van der Waals surface area (Å²) in [6.07, 6.45) is 4.13. The molecule has 1 heterocycles. The molecule has 25 heavy (non-hydrogen) atoms. The van der Waals surface area contributed by atoms with Gasteiger partial charge in [-0.25, -0.2) is 0 Å². The Morgan fingerprint density at radius 3 is 2.36 bits per heavy atom. The maximum atomic E-state index is 6.07. The number of aromatic nitrogens is 1. The average molecular weight is 408 g/mol. The molecule has 1 aromatic carbocycles. The summed E-state index contributed by atoms with van der Waals surface area (Å²) in [5.41, 5.74) is 8.31. The number of benzene rings is 1. The molecule has 0 aliphatic heterocycles. The van der Waals surface area contributed by atoms with Crippen molar-refractivity contribution in [1.82, 2.24) is 4.98 Å². The first kappa shape index (κ1) is 19.4. The molecule has 0 saturated carbocycles. The monoisotopic (exact) mass is 407 g/mol. The lowest BCUT2D eigenvalue weighted by Gasteiger charge is -2.15. The highest BCUT2D eigenvalue weighted by Crippen LogP contribution is 2.32. The molecule has 136 valence electrons. The van der Waals surface area contributed by atoms with E-state index in [1.165, 1.54) is 0 Å². The minimum Gasteiger partial charge on any atom is -0.478 e. The number of hydrogen-bond acceptors (Lipinski definition) is 5. The van der Waals surface area contributed by atoms with E-state index in [4.69, 9.17) is 15.2 Å². The van der Waals surface area contributed by atoms with Crippen molar-refractivity contribution in [2.45, 2.75) is 39.5 Å². The third-order valence-electron chi connectivity index (χ3n) is 3.60. The Hall–Kier alpha value is -1.95. The molecule has 0 bridgehead atoms. The van der Waals surface area contributed by atoms with Crippen LogP contribution in [0.2, 0.25) is 0 Å². The summed E-state index contributed by atoms with van der Waals surface area (Å²) in [6.45, 7) is 5.53. The molecule has 0 fully saturated rings. The van der Waals surface area contributed by atoms with Crippen molar-refractivity contribution in [1.29, 1.82) is 0 Å². The second-order valence-corrected chi connectivity index (χ2v) is 6.68. The summed E-state index contributed by atoms with van der Waals surface area (Å²) < 4.78 is 12.5. The lowest BCUT2D eigenvalue weighted by atomic mass is 10.2. The molecule has 1 aromatic heterocycles. The second kappa shape index (κ2) is 10.1. The zero-order chi connectivity index (χ0) is 18.1. The predicted octanol–water partition coefficient (Wildman–Crippen LogP) is 5.53. The minimum atomic E-state index is 0.532. The van der Waals surface area contributed by atoms with Gasteiger partial charge in [0.15, 0.2) is 0 Å². The Morgan fingerprint density at radius 1 is 1.00 bits per heavy atom. The summed E-state index contributed by atoms with van der Waals surface area (Å²) in [5.74, 6) is 1.11. The van der Waals surface area contributed by atoms with Crippen molar-refractivity contribution < 1.29 is 9.47 Å². The third-order valence-corrected chi connectivity index (χ3v) is 4.10. The van der Waals surface area contributed by atoms with Crippen LogP contribution in [0.3, 0.4) is 0 Å². The van der Waals surface area contributed by atoms with E-state index < -0.39 is 0 Å². The zero-order valence-corrected chi connectivity index (χ0v) is 16.4. The summed E-state index contributed by atoms with van der Waals surface area (Å²) in [4.78, 5) is 4.50. The number of unbranched alkanes of at least 4 members (excludes halogenated alkanes) is 2. The first-order chi connectivity index (χ1) is 12.1. The molecule has 5 nitrogen and oxygen atoms in total. The zero-order valence-electron chi connectivity index (χ0n) is 14.8. The van der Waals surface area contributed by atoms with Crippen LogP contribution in [-0.4, -0.2) is 18.2 Å². The summed E-state index contributed by atoms with van der Waals surface area (Å²) in [7, 11) is 0. The molecule has 0 spiro atoms. The lowest BCUT2D eigenvalue weighted by molar-refractivity contribution is 0.274. The van der Waals surface area contributed by atoms with E-state index in [1.54, 1.807) is 0 Å². The van der Waals surface area contributed by atoms with Crippen molar-refractivity contribution >= 4 is 33.0 Å². The number of nitrogens with two attached hydrogens (primary N) is 1. The minimum absolute atomic E-state index is 0.532. The number of nitrogen functional groups attached to an aromatic ring is 1. The Kier molecular flexibility index (Phi) is 7.85. The van der Waals surface area contributed by atoms with E-state index >= 15 is 0 Å². The summed E-state index contributed by atoms with van der Waals surface area (Å²) >= 11 is 3.42. The highest BCUT2D eigenvalue weighted by atomic mass is 79.9. The molecular formula is C19H26BrN3O2. The Morgan fingerprint density at radius 2 is 1.68 bits per heavy atom. The Balaban J connectivity index is 2.18. The molecular weight excluding hydrogens is 382 g/mol. The molecule has 2 rings (SSSR count). The number of ether oxygens (including phenoxy) is 2. The lowest BCUT2D eigenvalue weighted by Crippen LogP contribution is -2.05. The molecule has 6 heteroatoms. The van der Waals surface area contributed by atoms with Gasteiger partial charge in [0.05, 0.1) is 24.6 Å². The molecule has 2 aromatic rings. The fraction of sp³-hybridized carbons (Fsp3) is 0.421. The number of nitrogens with zero attached hydrogens (tertiary/aromatic N) is 1. The van der Waals surface area contributed by atoms with Gasteiger partial charge in [-0.15, -0.1) is 0 Å².